The van der Waals surface area contributed by atoms with E-state index >= 15 is 0 Å². The lowest BCUT2D eigenvalue weighted by atomic mass is 9.86. The molecule has 1 N–H and O–H groups in total. The lowest BCUT2D eigenvalue weighted by Crippen LogP contribution is -2.15. The molecule has 0 amide bonds. The van der Waals surface area contributed by atoms with Gasteiger partial charge in [-0.3, -0.25) is 4.98 Å². The van der Waals surface area contributed by atoms with Crippen LogP contribution in [-0.4, -0.2) is 22.7 Å². The van der Waals surface area contributed by atoms with E-state index in [1.54, 1.807) is 12.3 Å². The van der Waals surface area contributed by atoms with Crippen LogP contribution in [0.1, 0.15) is 51.4 Å². The average molecular weight is 387 g/mol. The van der Waals surface area contributed by atoms with Gasteiger partial charge in [-0.15, -0.1) is 0 Å². The predicted octanol–water partition coefficient (Wildman–Crippen LogP) is 5.56. The van der Waals surface area contributed by atoms with Crippen molar-refractivity contribution < 1.29 is 14.6 Å². The minimum Gasteiger partial charge on any atom is -0.493 e. The summed E-state index contributed by atoms with van der Waals surface area (Å²) in [6, 6.07) is 14.6. The number of ether oxygens (including phenoxy) is 1. The molecular weight excluding hydrogens is 362 g/mol. The molecule has 1 atom stereocenters. The highest BCUT2D eigenvalue weighted by Crippen LogP contribution is 2.39. The standard InChI is InChI=1S/C25H25NO3/c1-16-3-4-17(2)23(13-16)19-7-8-21-18(10-12-29-24(21)14-19)5-6-20-15-26-11-9-22(20)25(27)28/h3-4,7-9,11,13-15,18H,5-6,10,12H2,1-2H3,(H,27,28). The van der Waals surface area contributed by atoms with E-state index in [1.807, 2.05) is 0 Å². The van der Waals surface area contributed by atoms with Crippen molar-refractivity contribution in [3.63, 3.8) is 0 Å². The average Bonchev–Trinajstić information content (AvgIpc) is 2.73. The third kappa shape index (κ3) is 4.02. The number of carboxylic acid groups (broad SMARTS) is 1. The van der Waals surface area contributed by atoms with Gasteiger partial charge < -0.3 is 9.84 Å². The van der Waals surface area contributed by atoms with Crippen LogP contribution in [0.15, 0.2) is 54.9 Å². The quantitative estimate of drug-likeness (QED) is 0.622. The molecule has 29 heavy (non-hydrogen) atoms. The molecule has 0 fully saturated rings. The summed E-state index contributed by atoms with van der Waals surface area (Å²) in [5.74, 6) is 0.408. The Balaban J connectivity index is 1.58. The van der Waals surface area contributed by atoms with Crippen molar-refractivity contribution >= 4 is 5.97 Å². The van der Waals surface area contributed by atoms with Crippen molar-refractivity contribution in [3.05, 3.63) is 82.7 Å². The first kappa shape index (κ1) is 19.2. The van der Waals surface area contributed by atoms with E-state index in [-0.39, 0.29) is 0 Å². The van der Waals surface area contributed by atoms with Gasteiger partial charge in [-0.2, -0.15) is 0 Å². The summed E-state index contributed by atoms with van der Waals surface area (Å²) in [6.45, 7) is 4.93. The van der Waals surface area contributed by atoms with Crippen molar-refractivity contribution in [3.8, 4) is 16.9 Å². The Morgan fingerprint density at radius 3 is 2.86 bits per heavy atom. The highest BCUT2D eigenvalue weighted by molar-refractivity contribution is 5.89. The van der Waals surface area contributed by atoms with Gasteiger partial charge in [0.1, 0.15) is 5.75 Å². The van der Waals surface area contributed by atoms with E-state index in [9.17, 15) is 9.90 Å². The number of rotatable bonds is 5. The van der Waals surface area contributed by atoms with E-state index in [1.165, 1.54) is 34.0 Å². The Labute approximate surface area is 171 Å². The minimum absolute atomic E-state index is 0.345. The summed E-state index contributed by atoms with van der Waals surface area (Å²) in [6.07, 6.45) is 5.72. The fraction of sp³-hybridized carbons (Fsp3) is 0.280. The van der Waals surface area contributed by atoms with E-state index in [4.69, 9.17) is 4.74 Å². The number of pyridine rings is 1. The maximum Gasteiger partial charge on any atom is 0.336 e. The molecule has 1 aliphatic rings. The van der Waals surface area contributed by atoms with Gasteiger partial charge in [-0.1, -0.05) is 35.9 Å². The summed E-state index contributed by atoms with van der Waals surface area (Å²) < 4.78 is 5.99. The smallest absolute Gasteiger partial charge is 0.336 e. The van der Waals surface area contributed by atoms with Gasteiger partial charge in [0.05, 0.1) is 12.2 Å². The molecule has 4 rings (SSSR count). The van der Waals surface area contributed by atoms with Crippen LogP contribution in [0.4, 0.5) is 0 Å². The summed E-state index contributed by atoms with van der Waals surface area (Å²) in [5.41, 5.74) is 7.25. The predicted molar refractivity (Wildman–Crippen MR) is 114 cm³/mol. The lowest BCUT2D eigenvalue weighted by Gasteiger charge is -2.27. The topological polar surface area (TPSA) is 59.4 Å². The highest BCUT2D eigenvalue weighted by Gasteiger charge is 2.23. The van der Waals surface area contributed by atoms with E-state index in [2.05, 4.69) is 55.2 Å². The van der Waals surface area contributed by atoms with Gasteiger partial charge in [-0.25, -0.2) is 4.79 Å². The molecule has 0 radical (unpaired) electrons. The molecule has 2 heterocycles. The van der Waals surface area contributed by atoms with Crippen molar-refractivity contribution in [1.82, 2.24) is 4.98 Å². The van der Waals surface area contributed by atoms with Crippen molar-refractivity contribution in [2.45, 2.75) is 39.0 Å². The Hall–Kier alpha value is -3.14. The van der Waals surface area contributed by atoms with Crippen LogP contribution in [-0.2, 0) is 6.42 Å². The number of benzene rings is 2. The summed E-state index contributed by atoms with van der Waals surface area (Å²) in [7, 11) is 0. The molecule has 0 saturated heterocycles. The molecule has 0 bridgehead atoms. The van der Waals surface area contributed by atoms with Gasteiger partial charge >= 0.3 is 5.97 Å². The third-order valence-electron chi connectivity index (χ3n) is 5.78. The number of carbonyl (C=O) groups is 1. The number of aryl methyl sites for hydroxylation is 3. The van der Waals surface area contributed by atoms with E-state index in [0.29, 0.717) is 24.5 Å². The summed E-state index contributed by atoms with van der Waals surface area (Å²) in [4.78, 5) is 15.6. The molecule has 0 saturated carbocycles. The third-order valence-corrected chi connectivity index (χ3v) is 5.78. The SMILES string of the molecule is Cc1ccc(C)c(-c2ccc3c(c2)OCCC3CCc2cnccc2C(=O)O)c1. The van der Waals surface area contributed by atoms with Crippen molar-refractivity contribution in [2.75, 3.05) is 6.61 Å². The van der Waals surface area contributed by atoms with Gasteiger partial charge in [-0.05, 0) is 79.0 Å². The number of hydrogen-bond donors (Lipinski definition) is 1. The number of aromatic nitrogens is 1. The molecule has 1 unspecified atom stereocenters. The second kappa shape index (κ2) is 8.08. The number of hydrogen-bond acceptors (Lipinski definition) is 3. The van der Waals surface area contributed by atoms with Crippen LogP contribution in [0.25, 0.3) is 11.1 Å². The maximum absolute atomic E-state index is 11.4. The zero-order chi connectivity index (χ0) is 20.4. The molecule has 148 valence electrons. The van der Waals surface area contributed by atoms with E-state index in [0.717, 1.165) is 24.2 Å². The van der Waals surface area contributed by atoms with Crippen LogP contribution < -0.4 is 4.74 Å². The Bertz CT molecular complexity index is 1060. The van der Waals surface area contributed by atoms with Gasteiger partial charge in [0, 0.05) is 12.4 Å². The molecule has 3 aromatic rings. The first-order chi connectivity index (χ1) is 14.0. The fourth-order valence-corrected chi connectivity index (χ4v) is 4.14. The summed E-state index contributed by atoms with van der Waals surface area (Å²) >= 11 is 0. The van der Waals surface area contributed by atoms with Crippen LogP contribution in [0.2, 0.25) is 0 Å². The molecule has 2 aromatic carbocycles. The van der Waals surface area contributed by atoms with Gasteiger partial charge in [0.25, 0.3) is 0 Å². The molecule has 1 aliphatic heterocycles. The van der Waals surface area contributed by atoms with Gasteiger partial charge in [0.15, 0.2) is 0 Å². The number of aromatic carboxylic acids is 1. The molecule has 0 aliphatic carbocycles. The van der Waals surface area contributed by atoms with Crippen LogP contribution in [0.3, 0.4) is 0 Å². The van der Waals surface area contributed by atoms with Crippen molar-refractivity contribution in [2.24, 2.45) is 0 Å². The lowest BCUT2D eigenvalue weighted by molar-refractivity contribution is 0.0695. The van der Waals surface area contributed by atoms with Gasteiger partial charge in [0.2, 0.25) is 0 Å². The number of fused-ring (bicyclic) bond motifs is 1. The minimum atomic E-state index is -0.895. The zero-order valence-electron chi connectivity index (χ0n) is 16.8. The first-order valence-electron chi connectivity index (χ1n) is 10.0. The molecule has 4 nitrogen and oxygen atoms in total. The number of nitrogens with zero attached hydrogens (tertiary/aromatic N) is 1. The van der Waals surface area contributed by atoms with Crippen LogP contribution in [0.5, 0.6) is 5.75 Å². The molecule has 1 aromatic heterocycles. The number of carboxylic acids is 1. The second-order valence-electron chi connectivity index (χ2n) is 7.78. The Morgan fingerprint density at radius 2 is 2.03 bits per heavy atom. The zero-order valence-corrected chi connectivity index (χ0v) is 16.8. The summed E-state index contributed by atoms with van der Waals surface area (Å²) in [5, 5.41) is 9.39. The van der Waals surface area contributed by atoms with Crippen LogP contribution in [0, 0.1) is 13.8 Å². The fourth-order valence-electron chi connectivity index (χ4n) is 4.14. The maximum atomic E-state index is 11.4. The van der Waals surface area contributed by atoms with Crippen LogP contribution >= 0.6 is 0 Å². The Morgan fingerprint density at radius 1 is 1.17 bits per heavy atom. The Kier molecular flexibility index (Phi) is 5.34. The highest BCUT2D eigenvalue weighted by atomic mass is 16.5. The second-order valence-corrected chi connectivity index (χ2v) is 7.78. The molecule has 4 heteroatoms. The molecule has 0 spiro atoms. The van der Waals surface area contributed by atoms with E-state index < -0.39 is 5.97 Å². The molecular formula is C25H25NO3. The van der Waals surface area contributed by atoms with Crippen molar-refractivity contribution in [1.29, 1.82) is 0 Å². The first-order valence-corrected chi connectivity index (χ1v) is 10.0. The monoisotopic (exact) mass is 387 g/mol. The normalized spacial score (nSPS) is 15.4. The largest absolute Gasteiger partial charge is 0.493 e.